The van der Waals surface area contributed by atoms with Gasteiger partial charge >= 0.3 is 0 Å². The second-order valence-corrected chi connectivity index (χ2v) is 3.95. The van der Waals surface area contributed by atoms with Gasteiger partial charge < -0.3 is 10.2 Å². The molecular weight excluding hydrogens is 253 g/mol. The molecule has 2 nitrogen and oxygen atoms in total. The van der Waals surface area contributed by atoms with E-state index in [-0.39, 0.29) is 0 Å². The number of hydrogen-bond acceptors (Lipinski definition) is 2. The second kappa shape index (κ2) is 3.33. The minimum atomic E-state index is 0.386. The van der Waals surface area contributed by atoms with Crippen molar-refractivity contribution in [3.63, 3.8) is 0 Å². The Morgan fingerprint density at radius 3 is 2.85 bits per heavy atom. The molecule has 0 saturated carbocycles. The van der Waals surface area contributed by atoms with Crippen molar-refractivity contribution >= 4 is 38.5 Å². The lowest BCUT2D eigenvalue weighted by atomic mass is 10.2. The number of hydrogen-bond donors (Lipinski definition) is 1. The zero-order chi connectivity index (χ0) is 9.42. The number of halogens is 2. The second-order valence-electron chi connectivity index (χ2n) is 2.69. The van der Waals surface area contributed by atoms with E-state index in [1.54, 1.807) is 0 Å². The highest BCUT2D eigenvalue weighted by molar-refractivity contribution is 9.10. The number of rotatable bonds is 1. The van der Waals surface area contributed by atoms with E-state index >= 15 is 0 Å². The SMILES string of the molecule is NCc1cc2c(Cl)ccc(Br)c2o1. The quantitative estimate of drug-likeness (QED) is 0.854. The third kappa shape index (κ3) is 1.47. The fourth-order valence-electron chi connectivity index (χ4n) is 1.21. The van der Waals surface area contributed by atoms with Crippen LogP contribution in [0, 0.1) is 0 Å². The highest BCUT2D eigenvalue weighted by Gasteiger charge is 2.08. The number of furan rings is 1. The van der Waals surface area contributed by atoms with Gasteiger partial charge in [0.15, 0.2) is 0 Å². The van der Waals surface area contributed by atoms with Crippen LogP contribution in [-0.4, -0.2) is 0 Å². The highest BCUT2D eigenvalue weighted by Crippen LogP contribution is 2.32. The molecule has 2 N–H and O–H groups in total. The average molecular weight is 261 g/mol. The van der Waals surface area contributed by atoms with E-state index < -0.39 is 0 Å². The molecule has 0 atom stereocenters. The predicted octanol–water partition coefficient (Wildman–Crippen LogP) is 3.31. The molecule has 2 rings (SSSR count). The molecule has 1 heterocycles. The van der Waals surface area contributed by atoms with Crippen LogP contribution in [0.25, 0.3) is 11.0 Å². The van der Waals surface area contributed by atoms with Crippen LogP contribution >= 0.6 is 27.5 Å². The van der Waals surface area contributed by atoms with Crippen LogP contribution in [0.1, 0.15) is 5.76 Å². The number of nitrogens with two attached hydrogens (primary N) is 1. The Bertz CT molecular complexity index is 413. The molecule has 1 aromatic heterocycles. The van der Waals surface area contributed by atoms with E-state index in [9.17, 15) is 0 Å². The fraction of sp³-hybridized carbons (Fsp3) is 0.111. The fourth-order valence-corrected chi connectivity index (χ4v) is 1.84. The monoisotopic (exact) mass is 259 g/mol. The summed E-state index contributed by atoms with van der Waals surface area (Å²) in [6, 6.07) is 5.54. The largest absolute Gasteiger partial charge is 0.458 e. The summed E-state index contributed by atoms with van der Waals surface area (Å²) in [6.45, 7) is 0.386. The molecule has 68 valence electrons. The topological polar surface area (TPSA) is 39.2 Å². The first-order chi connectivity index (χ1) is 6.22. The zero-order valence-electron chi connectivity index (χ0n) is 6.68. The Hall–Kier alpha value is -0.510. The van der Waals surface area contributed by atoms with Gasteiger partial charge in [0.05, 0.1) is 16.0 Å². The van der Waals surface area contributed by atoms with Gasteiger partial charge in [0.2, 0.25) is 0 Å². The molecule has 0 saturated heterocycles. The van der Waals surface area contributed by atoms with Gasteiger partial charge in [-0.05, 0) is 34.1 Å². The van der Waals surface area contributed by atoms with E-state index in [1.807, 2.05) is 18.2 Å². The van der Waals surface area contributed by atoms with Gasteiger partial charge in [-0.1, -0.05) is 11.6 Å². The summed E-state index contributed by atoms with van der Waals surface area (Å²) in [4.78, 5) is 0. The average Bonchev–Trinajstić information content (AvgIpc) is 2.56. The first kappa shape index (κ1) is 9.06. The molecule has 0 amide bonds. The van der Waals surface area contributed by atoms with Crippen molar-refractivity contribution in [2.75, 3.05) is 0 Å². The summed E-state index contributed by atoms with van der Waals surface area (Å²) in [5, 5.41) is 1.58. The maximum atomic E-state index is 5.98. The molecule has 4 heteroatoms. The van der Waals surface area contributed by atoms with Crippen molar-refractivity contribution < 1.29 is 4.42 Å². The van der Waals surface area contributed by atoms with E-state index in [1.165, 1.54) is 0 Å². The summed E-state index contributed by atoms with van der Waals surface area (Å²) >= 11 is 9.36. The maximum Gasteiger partial charge on any atom is 0.150 e. The van der Waals surface area contributed by atoms with Gasteiger partial charge in [0.1, 0.15) is 11.3 Å². The highest BCUT2D eigenvalue weighted by atomic mass is 79.9. The van der Waals surface area contributed by atoms with Crippen LogP contribution in [0.2, 0.25) is 5.02 Å². The first-order valence-electron chi connectivity index (χ1n) is 3.79. The molecule has 0 unspecified atom stereocenters. The third-order valence-electron chi connectivity index (χ3n) is 1.83. The summed E-state index contributed by atoms with van der Waals surface area (Å²) in [7, 11) is 0. The minimum absolute atomic E-state index is 0.386. The van der Waals surface area contributed by atoms with Gasteiger partial charge in [-0.2, -0.15) is 0 Å². The van der Waals surface area contributed by atoms with Crippen molar-refractivity contribution in [3.8, 4) is 0 Å². The van der Waals surface area contributed by atoms with E-state index in [4.69, 9.17) is 21.8 Å². The first-order valence-corrected chi connectivity index (χ1v) is 4.96. The Balaban J connectivity index is 2.80. The van der Waals surface area contributed by atoms with Crippen LogP contribution in [0.5, 0.6) is 0 Å². The molecule has 0 aliphatic rings. The Morgan fingerprint density at radius 2 is 2.23 bits per heavy atom. The molecule has 1 aromatic carbocycles. The van der Waals surface area contributed by atoms with Crippen LogP contribution in [-0.2, 0) is 6.54 Å². The van der Waals surface area contributed by atoms with Crippen molar-refractivity contribution in [2.24, 2.45) is 5.73 Å². The molecule has 0 bridgehead atoms. The van der Waals surface area contributed by atoms with Crippen LogP contribution in [0.3, 0.4) is 0 Å². The van der Waals surface area contributed by atoms with E-state index in [2.05, 4.69) is 15.9 Å². The van der Waals surface area contributed by atoms with Crippen molar-refractivity contribution in [3.05, 3.63) is 33.5 Å². The van der Waals surface area contributed by atoms with Gasteiger partial charge in [0, 0.05) is 5.39 Å². The lowest BCUT2D eigenvalue weighted by Crippen LogP contribution is -1.92. The predicted molar refractivity (Wildman–Crippen MR) is 56.8 cm³/mol. The zero-order valence-corrected chi connectivity index (χ0v) is 9.02. The van der Waals surface area contributed by atoms with Gasteiger partial charge in [-0.25, -0.2) is 0 Å². The molecular formula is C9H7BrClNO. The lowest BCUT2D eigenvalue weighted by Gasteiger charge is -1.93. The van der Waals surface area contributed by atoms with Crippen molar-refractivity contribution in [2.45, 2.75) is 6.54 Å². The van der Waals surface area contributed by atoms with E-state index in [0.29, 0.717) is 11.6 Å². The molecule has 0 aliphatic carbocycles. The summed E-state index contributed by atoms with van der Waals surface area (Å²) in [5.74, 6) is 0.740. The van der Waals surface area contributed by atoms with Crippen molar-refractivity contribution in [1.29, 1.82) is 0 Å². The Labute approximate surface area is 88.8 Å². The van der Waals surface area contributed by atoms with Gasteiger partial charge in [-0.15, -0.1) is 0 Å². The Morgan fingerprint density at radius 1 is 1.46 bits per heavy atom. The van der Waals surface area contributed by atoms with Gasteiger partial charge in [0.25, 0.3) is 0 Å². The Kier molecular flexibility index (Phi) is 2.32. The van der Waals surface area contributed by atoms with E-state index in [0.717, 1.165) is 21.2 Å². The molecule has 0 aliphatic heterocycles. The van der Waals surface area contributed by atoms with Crippen LogP contribution in [0.4, 0.5) is 0 Å². The maximum absolute atomic E-state index is 5.98. The van der Waals surface area contributed by atoms with Crippen molar-refractivity contribution in [1.82, 2.24) is 0 Å². The van der Waals surface area contributed by atoms with Gasteiger partial charge in [-0.3, -0.25) is 0 Å². The van der Waals surface area contributed by atoms with Crippen LogP contribution < -0.4 is 5.73 Å². The molecule has 0 fully saturated rings. The summed E-state index contributed by atoms with van der Waals surface area (Å²) < 4.78 is 6.37. The van der Waals surface area contributed by atoms with Crippen LogP contribution in [0.15, 0.2) is 27.1 Å². The third-order valence-corrected chi connectivity index (χ3v) is 2.79. The molecule has 13 heavy (non-hydrogen) atoms. The summed E-state index contributed by atoms with van der Waals surface area (Å²) in [5.41, 5.74) is 6.22. The number of fused-ring (bicyclic) bond motifs is 1. The smallest absolute Gasteiger partial charge is 0.150 e. The molecule has 2 aromatic rings. The summed E-state index contributed by atoms with van der Waals surface area (Å²) in [6.07, 6.45) is 0. The molecule has 0 radical (unpaired) electrons. The normalized spacial score (nSPS) is 11.0. The standard InChI is InChI=1S/C9H7BrClNO/c10-7-1-2-8(11)6-3-5(4-12)13-9(6)7/h1-3H,4,12H2. The lowest BCUT2D eigenvalue weighted by molar-refractivity contribution is 0.551. The number of benzene rings is 1. The molecule has 0 spiro atoms. The minimum Gasteiger partial charge on any atom is -0.458 e.